The normalized spacial score (nSPS) is 22.5. The summed E-state index contributed by atoms with van der Waals surface area (Å²) in [5.41, 5.74) is 1.13. The number of amides is 3. The Bertz CT molecular complexity index is 543. The summed E-state index contributed by atoms with van der Waals surface area (Å²) in [6.45, 7) is 5.00. The molecule has 0 aliphatic carbocycles. The van der Waals surface area contributed by atoms with Crippen molar-refractivity contribution in [3.8, 4) is 0 Å². The molecule has 2 aliphatic rings. The SMILES string of the molecule is CCc1ccsc1C(=O)N1CCC[C@@H](N2CCNC2=O)C1. The topological polar surface area (TPSA) is 52.7 Å². The Kier molecular flexibility index (Phi) is 4.14. The predicted molar refractivity (Wildman–Crippen MR) is 82.7 cm³/mol. The van der Waals surface area contributed by atoms with Crippen LogP contribution in [0, 0.1) is 0 Å². The number of urea groups is 1. The molecule has 2 saturated heterocycles. The molecular formula is C15H21N3O2S. The Labute approximate surface area is 128 Å². The van der Waals surface area contributed by atoms with E-state index in [0.717, 1.165) is 42.8 Å². The number of nitrogens with one attached hydrogen (secondary N) is 1. The smallest absolute Gasteiger partial charge is 0.317 e. The Morgan fingerprint density at radius 3 is 3.05 bits per heavy atom. The molecule has 3 heterocycles. The second-order valence-corrected chi connectivity index (χ2v) is 6.52. The van der Waals surface area contributed by atoms with Crippen molar-refractivity contribution in [3.05, 3.63) is 21.9 Å². The van der Waals surface area contributed by atoms with E-state index in [-0.39, 0.29) is 18.0 Å². The number of hydrogen-bond acceptors (Lipinski definition) is 3. The van der Waals surface area contributed by atoms with E-state index in [1.807, 2.05) is 21.2 Å². The van der Waals surface area contributed by atoms with E-state index in [4.69, 9.17) is 0 Å². The second-order valence-electron chi connectivity index (χ2n) is 5.60. The molecule has 0 aromatic carbocycles. The van der Waals surface area contributed by atoms with Crippen LogP contribution in [-0.4, -0.2) is 54.0 Å². The highest BCUT2D eigenvalue weighted by molar-refractivity contribution is 7.12. The molecule has 0 bridgehead atoms. The fourth-order valence-electron chi connectivity index (χ4n) is 3.17. The maximum atomic E-state index is 12.7. The third-order valence-electron chi connectivity index (χ3n) is 4.34. The largest absolute Gasteiger partial charge is 0.336 e. The van der Waals surface area contributed by atoms with Gasteiger partial charge in [-0.25, -0.2) is 4.79 Å². The molecule has 21 heavy (non-hydrogen) atoms. The van der Waals surface area contributed by atoms with Gasteiger partial charge < -0.3 is 15.1 Å². The van der Waals surface area contributed by atoms with Crippen molar-refractivity contribution in [1.82, 2.24) is 15.1 Å². The second kappa shape index (κ2) is 6.05. The van der Waals surface area contributed by atoms with Crippen LogP contribution in [-0.2, 0) is 6.42 Å². The molecule has 2 fully saturated rings. The van der Waals surface area contributed by atoms with Crippen molar-refractivity contribution in [2.45, 2.75) is 32.2 Å². The average Bonchev–Trinajstić information content (AvgIpc) is 3.15. The lowest BCUT2D eigenvalue weighted by Crippen LogP contribution is -2.50. The van der Waals surface area contributed by atoms with Gasteiger partial charge in [0.25, 0.3) is 5.91 Å². The van der Waals surface area contributed by atoms with E-state index >= 15 is 0 Å². The van der Waals surface area contributed by atoms with Crippen LogP contribution in [0.3, 0.4) is 0 Å². The highest BCUT2D eigenvalue weighted by Crippen LogP contribution is 2.23. The van der Waals surface area contributed by atoms with Crippen molar-refractivity contribution in [1.29, 1.82) is 0 Å². The molecule has 3 rings (SSSR count). The summed E-state index contributed by atoms with van der Waals surface area (Å²) in [7, 11) is 0. The number of hydrogen-bond donors (Lipinski definition) is 1. The quantitative estimate of drug-likeness (QED) is 0.928. The van der Waals surface area contributed by atoms with E-state index in [2.05, 4.69) is 12.2 Å². The van der Waals surface area contributed by atoms with E-state index in [9.17, 15) is 9.59 Å². The van der Waals surface area contributed by atoms with Gasteiger partial charge in [0.1, 0.15) is 0 Å². The summed E-state index contributed by atoms with van der Waals surface area (Å²) in [6, 6.07) is 2.21. The van der Waals surface area contributed by atoms with Crippen LogP contribution < -0.4 is 5.32 Å². The number of nitrogens with zero attached hydrogens (tertiary/aromatic N) is 2. The zero-order valence-electron chi connectivity index (χ0n) is 12.3. The molecular weight excluding hydrogens is 286 g/mol. The highest BCUT2D eigenvalue weighted by atomic mass is 32.1. The Balaban J connectivity index is 1.71. The average molecular weight is 307 g/mol. The monoisotopic (exact) mass is 307 g/mol. The minimum atomic E-state index is 0.0136. The van der Waals surface area contributed by atoms with E-state index in [1.165, 1.54) is 11.3 Å². The minimum Gasteiger partial charge on any atom is -0.336 e. The van der Waals surface area contributed by atoms with Crippen molar-refractivity contribution in [2.75, 3.05) is 26.2 Å². The van der Waals surface area contributed by atoms with Gasteiger partial charge in [-0.2, -0.15) is 0 Å². The van der Waals surface area contributed by atoms with Crippen molar-refractivity contribution in [3.63, 3.8) is 0 Å². The zero-order valence-corrected chi connectivity index (χ0v) is 13.1. The summed E-state index contributed by atoms with van der Waals surface area (Å²) >= 11 is 1.53. The molecule has 0 spiro atoms. The molecule has 1 atom stereocenters. The van der Waals surface area contributed by atoms with Gasteiger partial charge in [0.15, 0.2) is 0 Å². The molecule has 0 radical (unpaired) electrons. The molecule has 3 amide bonds. The van der Waals surface area contributed by atoms with Crippen molar-refractivity contribution in [2.24, 2.45) is 0 Å². The maximum Gasteiger partial charge on any atom is 0.317 e. The lowest BCUT2D eigenvalue weighted by atomic mass is 10.0. The molecule has 0 unspecified atom stereocenters. The Morgan fingerprint density at radius 1 is 1.48 bits per heavy atom. The third kappa shape index (κ3) is 2.77. The lowest BCUT2D eigenvalue weighted by Gasteiger charge is -2.37. The van der Waals surface area contributed by atoms with Gasteiger partial charge in [0.2, 0.25) is 0 Å². The van der Waals surface area contributed by atoms with Crippen LogP contribution in [0.5, 0.6) is 0 Å². The molecule has 1 aromatic heterocycles. The predicted octanol–water partition coefficient (Wildman–Crippen LogP) is 1.94. The van der Waals surface area contributed by atoms with Gasteiger partial charge in [-0.1, -0.05) is 6.92 Å². The van der Waals surface area contributed by atoms with Crippen LogP contribution in [0.25, 0.3) is 0 Å². The van der Waals surface area contributed by atoms with Crippen LogP contribution in [0.2, 0.25) is 0 Å². The summed E-state index contributed by atoms with van der Waals surface area (Å²) < 4.78 is 0. The van der Waals surface area contributed by atoms with Crippen LogP contribution in [0.1, 0.15) is 35.0 Å². The van der Waals surface area contributed by atoms with E-state index in [0.29, 0.717) is 13.1 Å². The van der Waals surface area contributed by atoms with Crippen LogP contribution in [0.4, 0.5) is 4.79 Å². The first-order chi connectivity index (χ1) is 10.2. The molecule has 1 N–H and O–H groups in total. The Morgan fingerprint density at radius 2 is 2.33 bits per heavy atom. The highest BCUT2D eigenvalue weighted by Gasteiger charge is 2.33. The van der Waals surface area contributed by atoms with Gasteiger partial charge in [-0.15, -0.1) is 11.3 Å². The standard InChI is InChI=1S/C15H21N3O2S/c1-2-11-5-9-21-13(11)14(19)17-7-3-4-12(10-17)18-8-6-16-15(18)20/h5,9,12H,2-4,6-8,10H2,1H3,(H,16,20)/t12-/m1/s1. The van der Waals surface area contributed by atoms with Gasteiger partial charge in [0.05, 0.1) is 10.9 Å². The molecule has 6 heteroatoms. The number of aryl methyl sites for hydroxylation is 1. The number of likely N-dealkylation sites (tertiary alicyclic amines) is 1. The first kappa shape index (κ1) is 14.4. The maximum absolute atomic E-state index is 12.7. The molecule has 2 aliphatic heterocycles. The van der Waals surface area contributed by atoms with E-state index in [1.54, 1.807) is 0 Å². The minimum absolute atomic E-state index is 0.0136. The van der Waals surface area contributed by atoms with Crippen molar-refractivity contribution < 1.29 is 9.59 Å². The first-order valence-electron chi connectivity index (χ1n) is 7.60. The number of thiophene rings is 1. The third-order valence-corrected chi connectivity index (χ3v) is 5.28. The summed E-state index contributed by atoms with van der Waals surface area (Å²) in [4.78, 5) is 29.2. The van der Waals surface area contributed by atoms with E-state index < -0.39 is 0 Å². The fourth-order valence-corrected chi connectivity index (χ4v) is 4.14. The van der Waals surface area contributed by atoms with Crippen molar-refractivity contribution >= 4 is 23.3 Å². The number of carbonyl (C=O) groups excluding carboxylic acids is 2. The van der Waals surface area contributed by atoms with Gasteiger partial charge in [-0.3, -0.25) is 4.79 Å². The van der Waals surface area contributed by atoms with Gasteiger partial charge >= 0.3 is 6.03 Å². The van der Waals surface area contributed by atoms with Gasteiger partial charge in [0, 0.05) is 26.2 Å². The zero-order chi connectivity index (χ0) is 14.8. The van der Waals surface area contributed by atoms with Crippen LogP contribution in [0.15, 0.2) is 11.4 Å². The fraction of sp³-hybridized carbons (Fsp3) is 0.600. The molecule has 1 aromatic rings. The molecule has 114 valence electrons. The summed E-state index contributed by atoms with van der Waals surface area (Å²) in [5, 5.41) is 4.83. The summed E-state index contributed by atoms with van der Waals surface area (Å²) in [5.74, 6) is 0.131. The lowest BCUT2D eigenvalue weighted by molar-refractivity contribution is 0.0638. The first-order valence-corrected chi connectivity index (χ1v) is 8.48. The Hall–Kier alpha value is -1.56. The number of piperidine rings is 1. The number of rotatable bonds is 3. The molecule has 5 nitrogen and oxygen atoms in total. The summed E-state index contributed by atoms with van der Waals surface area (Å²) in [6.07, 6.45) is 2.84. The molecule has 0 saturated carbocycles. The van der Waals surface area contributed by atoms with Gasteiger partial charge in [-0.05, 0) is 36.3 Å². The number of carbonyl (C=O) groups is 2. The van der Waals surface area contributed by atoms with Crippen LogP contribution >= 0.6 is 11.3 Å².